The fraction of sp³-hybridized carbons (Fsp3) is 0.543. The fourth-order valence-electron chi connectivity index (χ4n) is 5.86. The minimum absolute atomic E-state index is 0.499. The summed E-state index contributed by atoms with van der Waals surface area (Å²) < 4.78 is 57.4. The average molecular weight is 780 g/mol. The molecule has 10 atom stereocenters. The zero-order valence-electron chi connectivity index (χ0n) is 30.4. The van der Waals surface area contributed by atoms with Crippen LogP contribution in [0.2, 0.25) is 0 Å². The van der Waals surface area contributed by atoms with E-state index in [1.807, 2.05) is 12.1 Å². The van der Waals surface area contributed by atoms with Gasteiger partial charge in [0.1, 0.15) is 37.0 Å². The normalized spacial score (nSPS) is 27.8. The van der Waals surface area contributed by atoms with Gasteiger partial charge in [-0.1, -0.05) is 30.0 Å². The summed E-state index contributed by atoms with van der Waals surface area (Å²) in [6, 6.07) is 9.00. The van der Waals surface area contributed by atoms with Gasteiger partial charge in [0.05, 0.1) is 5.52 Å². The Bertz CT molecular complexity index is 1710. The van der Waals surface area contributed by atoms with E-state index in [4.69, 9.17) is 47.4 Å². The lowest BCUT2D eigenvalue weighted by Gasteiger charge is -2.48. The number of fused-ring (bicyclic) bond motifs is 1. The van der Waals surface area contributed by atoms with Crippen LogP contribution < -0.4 is 0 Å². The fourth-order valence-corrected chi connectivity index (χ4v) is 7.10. The summed E-state index contributed by atoms with van der Waals surface area (Å²) in [5.74, 6) is -5.71. The van der Waals surface area contributed by atoms with Crippen LogP contribution >= 0.6 is 11.8 Å². The third-order valence-electron chi connectivity index (χ3n) is 7.72. The lowest BCUT2D eigenvalue weighted by atomic mass is 9.96. The van der Waals surface area contributed by atoms with E-state index in [0.29, 0.717) is 10.4 Å². The number of benzene rings is 1. The minimum Gasteiger partial charge on any atom is -0.463 e. The van der Waals surface area contributed by atoms with Gasteiger partial charge in [0.15, 0.2) is 36.8 Å². The Labute approximate surface area is 313 Å². The molecule has 294 valence electrons. The second kappa shape index (κ2) is 19.0. The van der Waals surface area contributed by atoms with Crippen molar-refractivity contribution in [1.82, 2.24) is 4.98 Å². The number of aromatic nitrogens is 1. The highest BCUT2D eigenvalue weighted by molar-refractivity contribution is 8.00. The van der Waals surface area contributed by atoms with Crippen molar-refractivity contribution in [2.75, 3.05) is 13.2 Å². The number of nitrogens with zero attached hydrogens (tertiary/aromatic N) is 1. The van der Waals surface area contributed by atoms with E-state index in [2.05, 4.69) is 4.98 Å². The van der Waals surface area contributed by atoms with E-state index in [9.17, 15) is 33.6 Å². The van der Waals surface area contributed by atoms with Crippen LogP contribution in [0.5, 0.6) is 0 Å². The monoisotopic (exact) mass is 779 g/mol. The number of ether oxygens (including phenoxy) is 10. The Morgan fingerprint density at radius 3 is 1.61 bits per heavy atom. The van der Waals surface area contributed by atoms with Crippen molar-refractivity contribution in [1.29, 1.82) is 0 Å². The molecule has 0 radical (unpaired) electrons. The summed E-state index contributed by atoms with van der Waals surface area (Å²) in [5.41, 5.74) is -0.548. The van der Waals surface area contributed by atoms with Crippen LogP contribution in [-0.2, 0) is 80.9 Å². The molecule has 0 spiro atoms. The summed E-state index contributed by atoms with van der Waals surface area (Å²) >= 11 is 1.09. The van der Waals surface area contributed by atoms with Crippen LogP contribution in [0, 0.1) is 0 Å². The first kappa shape index (κ1) is 41.9. The van der Waals surface area contributed by atoms with Crippen molar-refractivity contribution < 1.29 is 80.9 Å². The van der Waals surface area contributed by atoms with Gasteiger partial charge in [0.25, 0.3) is 0 Å². The number of hydrogen-bond donors (Lipinski definition) is 0. The smallest absolute Gasteiger partial charge is 0.303 e. The van der Waals surface area contributed by atoms with Crippen molar-refractivity contribution in [3.63, 3.8) is 0 Å². The van der Waals surface area contributed by atoms with Crippen LogP contribution in [0.25, 0.3) is 10.9 Å². The number of carbonyl (C=O) groups is 7. The topological polar surface area (TPSA) is 225 Å². The second-order valence-corrected chi connectivity index (χ2v) is 13.3. The molecular weight excluding hydrogens is 738 g/mol. The highest BCUT2D eigenvalue weighted by Gasteiger charge is 2.57. The summed E-state index contributed by atoms with van der Waals surface area (Å²) in [6.07, 6.45) is -12.1. The molecule has 2 saturated heterocycles. The third-order valence-corrected chi connectivity index (χ3v) is 8.92. The molecule has 2 fully saturated rings. The molecule has 2 aliphatic rings. The summed E-state index contributed by atoms with van der Waals surface area (Å²) in [4.78, 5) is 91.3. The number of thioether (sulfide) groups is 1. The number of esters is 7. The molecule has 1 aromatic carbocycles. The van der Waals surface area contributed by atoms with Gasteiger partial charge in [-0.05, 0) is 12.1 Å². The number of carbonyl (C=O) groups excluding carboxylic acids is 7. The molecule has 0 aliphatic carbocycles. The SMILES string of the molecule is CC(=O)OC[C@@H]1O[C@@H](O[C@@H]2[C@H](OC(C)=O)[C@@H](OC(C)=O)[C@H](Sc3cccc4cccnc34)O[C@@H]2COC(C)=O)[C@H](OC(C)=O)[C@@H](OC(C)=O)[C@H]1OC(C)=O. The Kier molecular flexibility index (Phi) is 14.7. The predicted molar refractivity (Wildman–Crippen MR) is 181 cm³/mol. The molecule has 0 saturated carbocycles. The van der Waals surface area contributed by atoms with Crippen LogP contribution in [0.4, 0.5) is 0 Å². The maximum atomic E-state index is 12.7. The summed E-state index contributed by atoms with van der Waals surface area (Å²) in [7, 11) is 0. The van der Waals surface area contributed by atoms with E-state index in [-0.39, 0.29) is 0 Å². The molecule has 3 heterocycles. The van der Waals surface area contributed by atoms with Crippen molar-refractivity contribution in [3.05, 3.63) is 36.5 Å². The quantitative estimate of drug-likeness (QED) is 0.209. The first-order valence-corrected chi connectivity index (χ1v) is 17.5. The Morgan fingerprint density at radius 1 is 0.574 bits per heavy atom. The van der Waals surface area contributed by atoms with Gasteiger partial charge in [-0.2, -0.15) is 0 Å². The Morgan fingerprint density at radius 2 is 1.06 bits per heavy atom. The van der Waals surface area contributed by atoms with Gasteiger partial charge >= 0.3 is 41.8 Å². The molecule has 4 rings (SSSR count). The number of rotatable bonds is 13. The zero-order valence-corrected chi connectivity index (χ0v) is 31.3. The third kappa shape index (κ3) is 11.3. The molecule has 18 nitrogen and oxygen atoms in total. The molecule has 2 aromatic rings. The standard InChI is InChI=1S/C35H41NO17S/c1-16(37)44-14-24-28(46-18(3)39)30(47-19(4)40)32(49-21(6)42)34(51-24)53-29-25(15-45-17(2)38)52-35(33(50-22(7)43)31(29)48-20(5)41)54-26-12-8-10-23-11-9-13-36-27(23)26/h8-13,24-25,28-35H,14-15H2,1-7H3/t24-,25+,28-,29-,30-,31-,32+,33+,34-,35-/m0/s1. The maximum absolute atomic E-state index is 12.7. The molecule has 0 amide bonds. The van der Waals surface area contributed by atoms with Crippen LogP contribution in [0.3, 0.4) is 0 Å². The molecular formula is C35H41NO17S. The van der Waals surface area contributed by atoms with E-state index in [0.717, 1.165) is 65.6 Å². The van der Waals surface area contributed by atoms with Gasteiger partial charge in [0.2, 0.25) is 0 Å². The van der Waals surface area contributed by atoms with Crippen molar-refractivity contribution in [2.45, 2.75) is 114 Å². The predicted octanol–water partition coefficient (Wildman–Crippen LogP) is 1.95. The lowest BCUT2D eigenvalue weighted by molar-refractivity contribution is -0.341. The molecule has 19 heteroatoms. The number of pyridine rings is 1. The van der Waals surface area contributed by atoms with Crippen molar-refractivity contribution in [3.8, 4) is 0 Å². The highest BCUT2D eigenvalue weighted by atomic mass is 32.2. The number of hydrogen-bond acceptors (Lipinski definition) is 19. The van der Waals surface area contributed by atoms with Crippen molar-refractivity contribution in [2.24, 2.45) is 0 Å². The van der Waals surface area contributed by atoms with E-state index >= 15 is 0 Å². The zero-order chi connectivity index (χ0) is 39.7. The van der Waals surface area contributed by atoms with Gasteiger partial charge in [-0.25, -0.2) is 0 Å². The first-order valence-electron chi connectivity index (χ1n) is 16.6. The number of para-hydroxylation sites is 1. The van der Waals surface area contributed by atoms with Crippen LogP contribution in [0.1, 0.15) is 48.5 Å². The van der Waals surface area contributed by atoms with Crippen LogP contribution in [-0.4, -0.2) is 121 Å². The van der Waals surface area contributed by atoms with Gasteiger partial charge in [-0.3, -0.25) is 38.5 Å². The second-order valence-electron chi connectivity index (χ2n) is 12.1. The van der Waals surface area contributed by atoms with E-state index < -0.39 is 116 Å². The highest BCUT2D eigenvalue weighted by Crippen LogP contribution is 2.41. The van der Waals surface area contributed by atoms with Crippen LogP contribution in [0.15, 0.2) is 41.4 Å². The van der Waals surface area contributed by atoms with Gasteiger partial charge in [0, 0.05) is 64.9 Å². The Balaban J connectivity index is 1.84. The van der Waals surface area contributed by atoms with Gasteiger partial charge in [-0.15, -0.1) is 0 Å². The Hall–Kier alpha value is -4.85. The lowest BCUT2D eigenvalue weighted by Crippen LogP contribution is -2.66. The van der Waals surface area contributed by atoms with Crippen molar-refractivity contribution >= 4 is 64.4 Å². The molecule has 54 heavy (non-hydrogen) atoms. The molecule has 0 N–H and O–H groups in total. The summed E-state index contributed by atoms with van der Waals surface area (Å²) in [6.45, 7) is 6.60. The molecule has 0 unspecified atom stereocenters. The van der Waals surface area contributed by atoms with E-state index in [1.165, 1.54) is 0 Å². The van der Waals surface area contributed by atoms with Gasteiger partial charge < -0.3 is 47.4 Å². The minimum atomic E-state index is -1.78. The molecule has 0 bridgehead atoms. The maximum Gasteiger partial charge on any atom is 0.303 e. The first-order chi connectivity index (χ1) is 25.5. The van der Waals surface area contributed by atoms with E-state index in [1.54, 1.807) is 24.4 Å². The summed E-state index contributed by atoms with van der Waals surface area (Å²) in [5, 5.41) is 0.792. The molecule has 1 aromatic heterocycles. The molecule has 2 aliphatic heterocycles. The largest absolute Gasteiger partial charge is 0.463 e. The average Bonchev–Trinajstić information content (AvgIpc) is 3.07.